The minimum atomic E-state index is -4.46. The average molecular weight is 751 g/mol. The number of anilines is 3. The second kappa shape index (κ2) is 12.0. The van der Waals surface area contributed by atoms with Gasteiger partial charge in [-0.25, -0.2) is 4.98 Å². The number of halogens is 5. The molecule has 202 valence electrons. The van der Waals surface area contributed by atoms with E-state index in [2.05, 4.69) is 67.2 Å². The Bertz CT molecular complexity index is 1270. The highest BCUT2D eigenvalue weighted by molar-refractivity contribution is 14.1. The van der Waals surface area contributed by atoms with E-state index < -0.39 is 11.7 Å². The first kappa shape index (κ1) is 27.6. The second-order valence-electron chi connectivity index (χ2n) is 8.96. The minimum absolute atomic E-state index is 0.0355. The van der Waals surface area contributed by atoms with Crippen molar-refractivity contribution >= 4 is 62.9 Å². The summed E-state index contributed by atoms with van der Waals surface area (Å²) in [5.74, 6) is 1.68. The molecular formula is C25H26F3I2N7O. The molecule has 3 aromatic rings. The molecule has 0 N–H and O–H groups in total. The Labute approximate surface area is 246 Å². The van der Waals surface area contributed by atoms with E-state index in [4.69, 9.17) is 19.7 Å². The van der Waals surface area contributed by atoms with Gasteiger partial charge in [-0.2, -0.15) is 28.1 Å². The third-order valence-electron chi connectivity index (χ3n) is 6.61. The van der Waals surface area contributed by atoms with Crippen molar-refractivity contribution in [3.63, 3.8) is 0 Å². The zero-order valence-electron chi connectivity index (χ0n) is 20.5. The van der Waals surface area contributed by atoms with Crippen LogP contribution in [0.15, 0.2) is 36.5 Å². The molecular weight excluding hydrogens is 725 g/mol. The van der Waals surface area contributed by atoms with Gasteiger partial charge in [0.1, 0.15) is 5.82 Å². The largest absolute Gasteiger partial charge is 0.419 e. The summed E-state index contributed by atoms with van der Waals surface area (Å²) < 4.78 is 48.0. The van der Waals surface area contributed by atoms with E-state index in [1.54, 1.807) is 4.90 Å². The van der Waals surface area contributed by atoms with Gasteiger partial charge in [-0.05, 0) is 29.3 Å². The molecule has 38 heavy (non-hydrogen) atoms. The molecule has 2 fully saturated rings. The van der Waals surface area contributed by atoms with Gasteiger partial charge in [-0.15, -0.1) is 0 Å². The number of piperazine rings is 1. The molecule has 5 rings (SSSR count). The van der Waals surface area contributed by atoms with E-state index in [1.165, 1.54) is 23.4 Å². The lowest BCUT2D eigenvalue weighted by molar-refractivity contribution is -0.137. The lowest BCUT2D eigenvalue weighted by Crippen LogP contribution is -2.48. The SMILES string of the molecule is FC(F)(F)c1cccnc1N1CCN(c2nc(-c3ccc(CI)c(CI)c3)nc(N3CCOCC3)n2)CC1. The molecule has 1 aromatic carbocycles. The fourth-order valence-electron chi connectivity index (χ4n) is 4.54. The van der Waals surface area contributed by atoms with Crippen LogP contribution in [0, 0.1) is 0 Å². The number of benzene rings is 1. The molecule has 13 heteroatoms. The standard InChI is InChI=1S/C25H26F3I2N7O/c26-25(27,28)20-2-1-5-31-22(20)35-6-8-36(9-7-35)23-32-21(17-3-4-18(15-29)19(14-17)16-30)33-24(34-23)37-10-12-38-13-11-37/h1-5,14H,6-13,15-16H2. The van der Waals surface area contributed by atoms with Gasteiger partial charge in [-0.1, -0.05) is 57.3 Å². The molecule has 2 saturated heterocycles. The van der Waals surface area contributed by atoms with Crippen LogP contribution in [-0.4, -0.2) is 72.4 Å². The van der Waals surface area contributed by atoms with Crippen molar-refractivity contribution in [2.75, 3.05) is 67.2 Å². The maximum absolute atomic E-state index is 13.6. The van der Waals surface area contributed by atoms with Crippen LogP contribution in [-0.2, 0) is 19.8 Å². The van der Waals surface area contributed by atoms with Gasteiger partial charge in [-0.3, -0.25) is 0 Å². The number of nitrogens with zero attached hydrogens (tertiary/aromatic N) is 7. The van der Waals surface area contributed by atoms with Gasteiger partial charge in [0.25, 0.3) is 0 Å². The lowest BCUT2D eigenvalue weighted by atomic mass is 10.1. The van der Waals surface area contributed by atoms with Crippen molar-refractivity contribution in [3.8, 4) is 11.4 Å². The molecule has 0 spiro atoms. The van der Waals surface area contributed by atoms with E-state index in [0.717, 1.165) is 20.5 Å². The van der Waals surface area contributed by atoms with Crippen molar-refractivity contribution in [2.24, 2.45) is 0 Å². The molecule has 0 bridgehead atoms. The Morgan fingerprint density at radius 3 is 2.05 bits per heavy atom. The summed E-state index contributed by atoms with van der Waals surface area (Å²) in [5, 5.41) is 0. The van der Waals surface area contributed by atoms with Crippen molar-refractivity contribution in [2.45, 2.75) is 15.0 Å². The van der Waals surface area contributed by atoms with Crippen LogP contribution in [0.25, 0.3) is 11.4 Å². The molecule has 2 aliphatic rings. The zero-order valence-corrected chi connectivity index (χ0v) is 24.8. The normalized spacial score (nSPS) is 16.7. The quantitative estimate of drug-likeness (QED) is 0.258. The molecule has 0 amide bonds. The molecule has 0 radical (unpaired) electrons. The molecule has 8 nitrogen and oxygen atoms in total. The monoisotopic (exact) mass is 751 g/mol. The number of alkyl halides is 5. The Morgan fingerprint density at radius 1 is 0.789 bits per heavy atom. The first-order valence-electron chi connectivity index (χ1n) is 12.2. The maximum Gasteiger partial charge on any atom is 0.419 e. The summed E-state index contributed by atoms with van der Waals surface area (Å²) in [7, 11) is 0. The van der Waals surface area contributed by atoms with Crippen LogP contribution < -0.4 is 14.7 Å². The Kier molecular flexibility index (Phi) is 8.72. The van der Waals surface area contributed by atoms with E-state index in [-0.39, 0.29) is 5.82 Å². The van der Waals surface area contributed by atoms with Gasteiger partial charge in [0.2, 0.25) is 11.9 Å². The topological polar surface area (TPSA) is 70.5 Å². The number of morpholine rings is 1. The smallest absolute Gasteiger partial charge is 0.378 e. The molecule has 4 heterocycles. The van der Waals surface area contributed by atoms with Crippen LogP contribution in [0.1, 0.15) is 16.7 Å². The number of pyridine rings is 1. The molecule has 0 unspecified atom stereocenters. The lowest BCUT2D eigenvalue weighted by Gasteiger charge is -2.36. The van der Waals surface area contributed by atoms with Gasteiger partial charge >= 0.3 is 6.18 Å². The first-order valence-corrected chi connectivity index (χ1v) is 15.3. The van der Waals surface area contributed by atoms with E-state index >= 15 is 0 Å². The van der Waals surface area contributed by atoms with Crippen LogP contribution in [0.3, 0.4) is 0 Å². The van der Waals surface area contributed by atoms with Crippen LogP contribution in [0.5, 0.6) is 0 Å². The first-order chi connectivity index (χ1) is 18.4. The van der Waals surface area contributed by atoms with Crippen molar-refractivity contribution in [1.29, 1.82) is 0 Å². The van der Waals surface area contributed by atoms with Gasteiger partial charge in [0, 0.05) is 59.9 Å². The van der Waals surface area contributed by atoms with E-state index in [9.17, 15) is 13.2 Å². The summed E-state index contributed by atoms with van der Waals surface area (Å²) in [4.78, 5) is 24.3. The van der Waals surface area contributed by atoms with E-state index in [1.807, 2.05) is 11.0 Å². The Hall–Kier alpha value is -2.01. The van der Waals surface area contributed by atoms with Crippen molar-refractivity contribution in [3.05, 3.63) is 53.2 Å². The summed E-state index contributed by atoms with van der Waals surface area (Å²) in [6, 6.07) is 8.70. The molecule has 0 saturated carbocycles. The van der Waals surface area contributed by atoms with Gasteiger partial charge in [0.05, 0.1) is 18.8 Å². The van der Waals surface area contributed by atoms with Gasteiger partial charge < -0.3 is 19.4 Å². The molecule has 0 atom stereocenters. The summed E-state index contributed by atoms with van der Waals surface area (Å²) >= 11 is 4.74. The number of aromatic nitrogens is 4. The summed E-state index contributed by atoms with van der Waals surface area (Å²) in [6.45, 7) is 4.24. The van der Waals surface area contributed by atoms with Crippen molar-refractivity contribution < 1.29 is 17.9 Å². The third kappa shape index (κ3) is 6.08. The van der Waals surface area contributed by atoms with Crippen molar-refractivity contribution in [1.82, 2.24) is 19.9 Å². The summed E-state index contributed by atoms with van der Waals surface area (Å²) in [6.07, 6.45) is -3.06. The van der Waals surface area contributed by atoms with Gasteiger partial charge in [0.15, 0.2) is 5.82 Å². The highest BCUT2D eigenvalue weighted by Crippen LogP contribution is 2.35. The van der Waals surface area contributed by atoms with E-state index in [0.29, 0.717) is 70.2 Å². The van der Waals surface area contributed by atoms with Crippen LogP contribution in [0.4, 0.5) is 30.9 Å². The predicted molar refractivity (Wildman–Crippen MR) is 157 cm³/mol. The Morgan fingerprint density at radius 2 is 1.42 bits per heavy atom. The Balaban J connectivity index is 1.44. The highest BCUT2D eigenvalue weighted by atomic mass is 127. The van der Waals surface area contributed by atoms with Crippen LogP contribution >= 0.6 is 45.2 Å². The minimum Gasteiger partial charge on any atom is -0.378 e. The highest BCUT2D eigenvalue weighted by Gasteiger charge is 2.36. The molecule has 0 aliphatic carbocycles. The predicted octanol–water partition coefficient (Wildman–Crippen LogP) is 4.99. The van der Waals surface area contributed by atoms with Crippen LogP contribution in [0.2, 0.25) is 0 Å². The molecule has 2 aliphatic heterocycles. The second-order valence-corrected chi connectivity index (χ2v) is 10.5. The number of ether oxygens (including phenoxy) is 1. The zero-order chi connectivity index (χ0) is 26.7. The molecule has 2 aromatic heterocycles. The maximum atomic E-state index is 13.6. The number of hydrogen-bond donors (Lipinski definition) is 0. The summed E-state index contributed by atoms with van der Waals surface area (Å²) in [5.41, 5.74) is 2.74. The average Bonchev–Trinajstić information content (AvgIpc) is 2.96. The fourth-order valence-corrected chi connectivity index (χ4v) is 5.99. The third-order valence-corrected chi connectivity index (χ3v) is 8.26. The number of hydrogen-bond acceptors (Lipinski definition) is 8. The number of rotatable bonds is 6. The fraction of sp³-hybridized carbons (Fsp3) is 0.440.